The van der Waals surface area contributed by atoms with Gasteiger partial charge in [0.2, 0.25) is 0 Å². The van der Waals surface area contributed by atoms with Crippen molar-refractivity contribution in [1.82, 2.24) is 15.0 Å². The molecule has 3 heterocycles. The molecule has 0 spiro atoms. The highest BCUT2D eigenvalue weighted by Crippen LogP contribution is 2.43. The number of hydrogen-bond acceptors (Lipinski definition) is 7. The summed E-state index contributed by atoms with van der Waals surface area (Å²) < 4.78 is 5.55. The van der Waals surface area contributed by atoms with Crippen LogP contribution in [0.1, 0.15) is 28.7 Å². The van der Waals surface area contributed by atoms with Crippen molar-refractivity contribution in [2.45, 2.75) is 25.3 Å². The maximum atomic E-state index is 6.17. The number of aryl methyl sites for hydroxylation is 1. The highest BCUT2D eigenvalue weighted by atomic mass is 32.2. The zero-order valence-electron chi connectivity index (χ0n) is 12.0. The van der Waals surface area contributed by atoms with E-state index in [-0.39, 0.29) is 6.04 Å². The Labute approximate surface area is 131 Å². The van der Waals surface area contributed by atoms with Gasteiger partial charge in [0, 0.05) is 22.9 Å². The fraction of sp³-hybridized carbons (Fsp3) is 0.571. The summed E-state index contributed by atoms with van der Waals surface area (Å²) in [6.45, 7) is 1.06. The first kappa shape index (κ1) is 13.6. The number of nitrogen functional groups attached to an aromatic ring is 1. The van der Waals surface area contributed by atoms with E-state index in [4.69, 9.17) is 10.3 Å². The fourth-order valence-electron chi connectivity index (χ4n) is 3.09. The van der Waals surface area contributed by atoms with E-state index < -0.39 is 0 Å². The second kappa shape index (κ2) is 5.30. The summed E-state index contributed by atoms with van der Waals surface area (Å²) in [4.78, 5) is 8.35. The van der Waals surface area contributed by atoms with Crippen LogP contribution in [0, 0.1) is 0 Å². The molecular formula is C14H18N4OS2. The first-order chi connectivity index (χ1) is 10.2. The minimum absolute atomic E-state index is 0.245. The molecule has 2 aromatic rings. The van der Waals surface area contributed by atoms with Crippen molar-refractivity contribution in [3.63, 3.8) is 0 Å². The smallest absolute Gasteiger partial charge is 0.261 e. The molecule has 0 saturated carbocycles. The SMILES string of the molecule is CN1CCSCC1c1noc(-c2c(N)sc3c2CCC3)n1. The molecule has 7 heteroatoms. The molecular weight excluding hydrogens is 304 g/mol. The van der Waals surface area contributed by atoms with Gasteiger partial charge in [-0.2, -0.15) is 16.7 Å². The Morgan fingerprint density at radius 3 is 3.14 bits per heavy atom. The number of hydrogen-bond donors (Lipinski definition) is 1. The quantitative estimate of drug-likeness (QED) is 0.916. The van der Waals surface area contributed by atoms with Gasteiger partial charge in [0.1, 0.15) is 0 Å². The molecule has 1 aliphatic heterocycles. The van der Waals surface area contributed by atoms with Gasteiger partial charge in [-0.05, 0) is 31.9 Å². The molecule has 4 rings (SSSR count). The van der Waals surface area contributed by atoms with Gasteiger partial charge in [0.15, 0.2) is 5.82 Å². The third-order valence-corrected chi connectivity index (χ3v) is 6.44. The molecule has 112 valence electrons. The fourth-order valence-corrected chi connectivity index (χ4v) is 5.45. The number of aromatic nitrogens is 2. The Balaban J connectivity index is 1.68. The van der Waals surface area contributed by atoms with Gasteiger partial charge in [-0.3, -0.25) is 4.90 Å². The summed E-state index contributed by atoms with van der Waals surface area (Å²) in [6, 6.07) is 0.245. The maximum Gasteiger partial charge on any atom is 0.261 e. The van der Waals surface area contributed by atoms with Crippen LogP contribution in [0.3, 0.4) is 0 Å². The molecule has 0 aromatic carbocycles. The normalized spacial score (nSPS) is 22.6. The summed E-state index contributed by atoms with van der Waals surface area (Å²) >= 11 is 3.62. The van der Waals surface area contributed by atoms with Gasteiger partial charge in [-0.1, -0.05) is 5.16 Å². The largest absolute Gasteiger partial charge is 0.390 e. The Morgan fingerprint density at radius 1 is 1.38 bits per heavy atom. The summed E-state index contributed by atoms with van der Waals surface area (Å²) in [5.74, 6) is 3.58. The van der Waals surface area contributed by atoms with Crippen molar-refractivity contribution in [2.24, 2.45) is 0 Å². The minimum atomic E-state index is 0.245. The molecule has 2 aliphatic rings. The van der Waals surface area contributed by atoms with E-state index in [0.717, 1.165) is 41.5 Å². The average Bonchev–Trinajstić information content (AvgIpc) is 3.15. The van der Waals surface area contributed by atoms with Crippen molar-refractivity contribution in [1.29, 1.82) is 0 Å². The van der Waals surface area contributed by atoms with Crippen molar-refractivity contribution in [3.8, 4) is 11.5 Å². The lowest BCUT2D eigenvalue weighted by Gasteiger charge is -2.29. The van der Waals surface area contributed by atoms with Crippen LogP contribution in [-0.2, 0) is 12.8 Å². The van der Waals surface area contributed by atoms with E-state index in [1.165, 1.54) is 22.6 Å². The van der Waals surface area contributed by atoms with Crippen LogP contribution in [0.4, 0.5) is 5.00 Å². The number of anilines is 1. The Kier molecular flexibility index (Phi) is 3.43. The average molecular weight is 322 g/mol. The molecule has 5 nitrogen and oxygen atoms in total. The van der Waals surface area contributed by atoms with Crippen molar-refractivity contribution in [2.75, 3.05) is 30.8 Å². The van der Waals surface area contributed by atoms with Crippen LogP contribution in [0.5, 0.6) is 0 Å². The molecule has 2 N–H and O–H groups in total. The molecule has 2 aromatic heterocycles. The van der Waals surface area contributed by atoms with Crippen molar-refractivity contribution < 1.29 is 4.52 Å². The lowest BCUT2D eigenvalue weighted by Crippen LogP contribution is -2.33. The summed E-state index contributed by atoms with van der Waals surface area (Å²) in [7, 11) is 2.12. The van der Waals surface area contributed by atoms with Crippen LogP contribution < -0.4 is 5.73 Å². The van der Waals surface area contributed by atoms with Gasteiger partial charge < -0.3 is 10.3 Å². The Bertz CT molecular complexity index is 666. The molecule has 21 heavy (non-hydrogen) atoms. The van der Waals surface area contributed by atoms with Crippen LogP contribution in [0.2, 0.25) is 0 Å². The van der Waals surface area contributed by atoms with Crippen LogP contribution in [0.25, 0.3) is 11.5 Å². The number of thioether (sulfide) groups is 1. The number of fused-ring (bicyclic) bond motifs is 1. The summed E-state index contributed by atoms with van der Waals surface area (Å²) in [6.07, 6.45) is 3.42. The Hall–Kier alpha value is -1.05. The van der Waals surface area contributed by atoms with Crippen molar-refractivity contribution in [3.05, 3.63) is 16.3 Å². The molecule has 1 fully saturated rings. The number of nitrogens with two attached hydrogens (primary N) is 1. The first-order valence-corrected chi connectivity index (χ1v) is 9.23. The van der Waals surface area contributed by atoms with E-state index in [1.54, 1.807) is 11.3 Å². The van der Waals surface area contributed by atoms with Crippen LogP contribution in [-0.4, -0.2) is 40.1 Å². The van der Waals surface area contributed by atoms with Gasteiger partial charge in [-0.25, -0.2) is 0 Å². The molecule has 1 saturated heterocycles. The predicted molar refractivity (Wildman–Crippen MR) is 86.7 cm³/mol. The second-order valence-electron chi connectivity index (χ2n) is 5.63. The van der Waals surface area contributed by atoms with Gasteiger partial charge in [-0.15, -0.1) is 11.3 Å². The highest BCUT2D eigenvalue weighted by molar-refractivity contribution is 7.99. The maximum absolute atomic E-state index is 6.17. The monoisotopic (exact) mass is 322 g/mol. The topological polar surface area (TPSA) is 68.2 Å². The molecule has 1 atom stereocenters. The third kappa shape index (κ3) is 2.27. The molecule has 0 bridgehead atoms. The summed E-state index contributed by atoms with van der Waals surface area (Å²) in [5, 5.41) is 5.04. The van der Waals surface area contributed by atoms with E-state index in [9.17, 15) is 0 Å². The zero-order valence-corrected chi connectivity index (χ0v) is 13.6. The zero-order chi connectivity index (χ0) is 14.4. The van der Waals surface area contributed by atoms with Crippen molar-refractivity contribution >= 4 is 28.1 Å². The molecule has 0 radical (unpaired) electrons. The van der Waals surface area contributed by atoms with E-state index in [1.807, 2.05) is 11.8 Å². The minimum Gasteiger partial charge on any atom is -0.390 e. The van der Waals surface area contributed by atoms with E-state index >= 15 is 0 Å². The van der Waals surface area contributed by atoms with Gasteiger partial charge in [0.05, 0.1) is 16.6 Å². The van der Waals surface area contributed by atoms with E-state index in [0.29, 0.717) is 5.89 Å². The number of nitrogens with zero attached hydrogens (tertiary/aromatic N) is 3. The standard InChI is InChI=1S/C14H18N4OS2/c1-18-5-6-20-7-9(18)13-16-14(19-17-13)11-8-3-2-4-10(8)21-12(11)15/h9H,2-7,15H2,1H3. The predicted octanol–water partition coefficient (Wildman–Crippen LogP) is 2.59. The Morgan fingerprint density at radius 2 is 2.29 bits per heavy atom. The number of thiophene rings is 1. The van der Waals surface area contributed by atoms with Gasteiger partial charge in [0.25, 0.3) is 5.89 Å². The third-order valence-electron chi connectivity index (χ3n) is 4.30. The highest BCUT2D eigenvalue weighted by Gasteiger charge is 2.29. The van der Waals surface area contributed by atoms with E-state index in [2.05, 4.69) is 22.1 Å². The number of rotatable bonds is 2. The lowest BCUT2D eigenvalue weighted by molar-refractivity contribution is 0.257. The second-order valence-corrected chi connectivity index (χ2v) is 7.91. The molecule has 0 amide bonds. The van der Waals surface area contributed by atoms with Crippen LogP contribution >= 0.6 is 23.1 Å². The first-order valence-electron chi connectivity index (χ1n) is 7.26. The lowest BCUT2D eigenvalue weighted by atomic mass is 10.1. The van der Waals surface area contributed by atoms with Crippen LogP contribution in [0.15, 0.2) is 4.52 Å². The summed E-state index contributed by atoms with van der Waals surface area (Å²) in [5.41, 5.74) is 8.50. The molecule has 1 unspecified atom stereocenters. The van der Waals surface area contributed by atoms with Gasteiger partial charge >= 0.3 is 0 Å². The molecule has 1 aliphatic carbocycles.